The van der Waals surface area contributed by atoms with E-state index in [2.05, 4.69) is 27.6 Å². The number of hydrogen-bond donors (Lipinski definition) is 0. The Morgan fingerprint density at radius 3 is 2.56 bits per heavy atom. The molecule has 1 aromatic heterocycles. The van der Waals surface area contributed by atoms with Gasteiger partial charge in [0.25, 0.3) is 0 Å². The van der Waals surface area contributed by atoms with Gasteiger partial charge in [0.2, 0.25) is 0 Å². The van der Waals surface area contributed by atoms with E-state index in [1.165, 1.54) is 7.11 Å². The molecule has 4 heteroatoms. The van der Waals surface area contributed by atoms with Crippen LogP contribution in [0.2, 0.25) is 0 Å². The van der Waals surface area contributed by atoms with Crippen molar-refractivity contribution in [1.82, 2.24) is 4.98 Å². The quantitative estimate of drug-likeness (QED) is 0.698. The van der Waals surface area contributed by atoms with E-state index in [0.29, 0.717) is 6.08 Å². The minimum Gasteiger partial charge on any atom is -0.453 e. The zero-order valence-electron chi connectivity index (χ0n) is 5.14. The van der Waals surface area contributed by atoms with Crippen LogP contribution in [-0.4, -0.2) is 12.1 Å². The number of methoxy groups -OCH3 is 1. The van der Waals surface area contributed by atoms with Gasteiger partial charge < -0.3 is 9.15 Å². The molecule has 1 heterocycles. The largest absolute Gasteiger partial charge is 0.453 e. The van der Waals surface area contributed by atoms with E-state index in [-0.39, 0.29) is 0 Å². The minimum atomic E-state index is 0.330. The van der Waals surface area contributed by atoms with Crippen LogP contribution in [0, 0.1) is 10.6 Å². The van der Waals surface area contributed by atoms with Gasteiger partial charge in [-0.05, 0) is 29.5 Å². The topological polar surface area (TPSA) is 35.3 Å². The maximum absolute atomic E-state index is 5.02. The monoisotopic (exact) mass is 239 g/mol. The molecule has 1 aromatic rings. The number of ether oxygens (including phenoxy) is 1. The smallest absolute Gasteiger partial charge is 0.394 e. The zero-order chi connectivity index (χ0) is 6.85. The van der Waals surface area contributed by atoms with E-state index in [4.69, 9.17) is 9.15 Å². The zero-order valence-corrected chi connectivity index (χ0v) is 7.30. The fourth-order valence-electron chi connectivity index (χ4n) is 0.442. The second kappa shape index (κ2) is 2.55. The highest BCUT2D eigenvalue weighted by Gasteiger charge is 2.04. The van der Waals surface area contributed by atoms with Crippen molar-refractivity contribution in [3.05, 3.63) is 9.46 Å². The van der Waals surface area contributed by atoms with Gasteiger partial charge in [-0.3, -0.25) is 0 Å². The van der Waals surface area contributed by atoms with Crippen LogP contribution in [0.3, 0.4) is 0 Å². The van der Waals surface area contributed by atoms with Crippen molar-refractivity contribution >= 4 is 22.6 Å². The second-order valence-corrected chi connectivity index (χ2v) is 2.55. The van der Waals surface area contributed by atoms with E-state index in [1.54, 1.807) is 0 Å². The Bertz CT molecular complexity index is 189. The van der Waals surface area contributed by atoms with Crippen LogP contribution in [0.5, 0.6) is 6.08 Å². The number of hydrogen-bond acceptors (Lipinski definition) is 3. The van der Waals surface area contributed by atoms with E-state index < -0.39 is 0 Å². The Kier molecular flexibility index (Phi) is 1.94. The van der Waals surface area contributed by atoms with Gasteiger partial charge in [0.1, 0.15) is 9.46 Å². The average Bonchev–Trinajstić information content (AvgIpc) is 2.13. The van der Waals surface area contributed by atoms with Gasteiger partial charge in [-0.15, -0.1) is 0 Å². The number of halogens is 1. The summed E-state index contributed by atoms with van der Waals surface area (Å²) in [6.07, 6.45) is 0.330. The number of rotatable bonds is 1. The lowest BCUT2D eigenvalue weighted by atomic mass is 10.6. The molecule has 0 unspecified atom stereocenters. The molecule has 0 atom stereocenters. The molecule has 0 saturated heterocycles. The summed E-state index contributed by atoms with van der Waals surface area (Å²) < 4.78 is 10.6. The van der Waals surface area contributed by atoms with Gasteiger partial charge in [-0.25, -0.2) is 0 Å². The Morgan fingerprint density at radius 1 is 1.67 bits per heavy atom. The summed E-state index contributed by atoms with van der Waals surface area (Å²) in [5.41, 5.74) is 0. The third-order valence-electron chi connectivity index (χ3n) is 0.895. The molecule has 0 saturated carbocycles. The second-order valence-electron chi connectivity index (χ2n) is 1.53. The third kappa shape index (κ3) is 1.35. The molecule has 9 heavy (non-hydrogen) atoms. The van der Waals surface area contributed by atoms with Gasteiger partial charge in [0.05, 0.1) is 7.11 Å². The lowest BCUT2D eigenvalue weighted by Crippen LogP contribution is -1.80. The number of aryl methyl sites for hydroxylation is 1. The highest BCUT2D eigenvalue weighted by Crippen LogP contribution is 2.16. The summed E-state index contributed by atoms with van der Waals surface area (Å²) in [5, 5.41) is 0. The molecule has 0 aliphatic rings. The van der Waals surface area contributed by atoms with Crippen molar-refractivity contribution in [2.75, 3.05) is 7.11 Å². The molecule has 1 rings (SSSR count). The molecule has 0 spiro atoms. The van der Waals surface area contributed by atoms with Crippen LogP contribution < -0.4 is 4.74 Å². The summed E-state index contributed by atoms with van der Waals surface area (Å²) in [6, 6.07) is 0. The maximum Gasteiger partial charge on any atom is 0.394 e. The first-order chi connectivity index (χ1) is 4.24. The molecule has 0 amide bonds. The predicted octanol–water partition coefficient (Wildman–Crippen LogP) is 1.60. The normalized spacial score (nSPS) is 9.67. The molecule has 0 aromatic carbocycles. The van der Waals surface area contributed by atoms with Crippen LogP contribution in [-0.2, 0) is 0 Å². The molecule has 3 nitrogen and oxygen atoms in total. The molecule has 0 fully saturated rings. The standard InChI is InChI=1S/C5H6INO2/c1-3-4(6)7-5(8-2)9-3/h1-2H3. The van der Waals surface area contributed by atoms with Crippen molar-refractivity contribution in [2.24, 2.45) is 0 Å². The van der Waals surface area contributed by atoms with Gasteiger partial charge in [-0.2, -0.15) is 4.98 Å². The van der Waals surface area contributed by atoms with Crippen LogP contribution in [0.15, 0.2) is 4.42 Å². The van der Waals surface area contributed by atoms with E-state index in [0.717, 1.165) is 9.46 Å². The first-order valence-corrected chi connectivity index (χ1v) is 3.49. The molecular weight excluding hydrogens is 233 g/mol. The van der Waals surface area contributed by atoms with Crippen LogP contribution >= 0.6 is 22.6 Å². The van der Waals surface area contributed by atoms with Crippen molar-refractivity contribution in [2.45, 2.75) is 6.92 Å². The number of nitrogens with zero attached hydrogens (tertiary/aromatic N) is 1. The Balaban J connectivity index is 2.98. The first-order valence-electron chi connectivity index (χ1n) is 2.41. The van der Waals surface area contributed by atoms with Crippen LogP contribution in [0.1, 0.15) is 5.76 Å². The molecule has 0 aliphatic carbocycles. The van der Waals surface area contributed by atoms with Crippen molar-refractivity contribution in [3.63, 3.8) is 0 Å². The molecule has 0 aliphatic heterocycles. The van der Waals surface area contributed by atoms with Crippen LogP contribution in [0.25, 0.3) is 0 Å². The van der Waals surface area contributed by atoms with E-state index in [9.17, 15) is 0 Å². The lowest BCUT2D eigenvalue weighted by molar-refractivity contribution is 0.284. The summed E-state index contributed by atoms with van der Waals surface area (Å²) >= 11 is 2.08. The SMILES string of the molecule is COc1nc(I)c(C)o1. The van der Waals surface area contributed by atoms with Crippen LogP contribution in [0.4, 0.5) is 0 Å². The summed E-state index contributed by atoms with van der Waals surface area (Å²) in [6.45, 7) is 1.84. The lowest BCUT2D eigenvalue weighted by Gasteiger charge is -1.84. The van der Waals surface area contributed by atoms with E-state index >= 15 is 0 Å². The number of aromatic nitrogens is 1. The fourth-order valence-corrected chi connectivity index (χ4v) is 0.749. The van der Waals surface area contributed by atoms with Crippen molar-refractivity contribution in [3.8, 4) is 6.08 Å². The average molecular weight is 239 g/mol. The van der Waals surface area contributed by atoms with Crippen molar-refractivity contribution < 1.29 is 9.15 Å². The Morgan fingerprint density at radius 2 is 2.33 bits per heavy atom. The highest BCUT2D eigenvalue weighted by atomic mass is 127. The molecule has 0 N–H and O–H groups in total. The van der Waals surface area contributed by atoms with E-state index in [1.807, 2.05) is 6.92 Å². The Hall–Kier alpha value is -0.260. The molecule has 0 radical (unpaired) electrons. The molecular formula is C5H6INO2. The molecule has 50 valence electrons. The minimum absolute atomic E-state index is 0.330. The van der Waals surface area contributed by atoms with Crippen molar-refractivity contribution in [1.29, 1.82) is 0 Å². The first kappa shape index (κ1) is 6.85. The highest BCUT2D eigenvalue weighted by molar-refractivity contribution is 14.1. The van der Waals surface area contributed by atoms with Gasteiger partial charge >= 0.3 is 6.08 Å². The van der Waals surface area contributed by atoms with Gasteiger partial charge in [-0.1, -0.05) is 0 Å². The summed E-state index contributed by atoms with van der Waals surface area (Å²) in [7, 11) is 1.53. The Labute approximate surface area is 66.6 Å². The maximum atomic E-state index is 5.02. The predicted molar refractivity (Wildman–Crippen MR) is 40.5 cm³/mol. The summed E-state index contributed by atoms with van der Waals surface area (Å²) in [4.78, 5) is 3.93. The number of oxazole rings is 1. The fraction of sp³-hybridized carbons (Fsp3) is 0.400. The van der Waals surface area contributed by atoms with Gasteiger partial charge in [0, 0.05) is 0 Å². The molecule has 0 bridgehead atoms. The third-order valence-corrected chi connectivity index (χ3v) is 1.90. The van der Waals surface area contributed by atoms with Gasteiger partial charge in [0.15, 0.2) is 0 Å². The summed E-state index contributed by atoms with van der Waals surface area (Å²) in [5.74, 6) is 0.799.